The van der Waals surface area contributed by atoms with Crippen LogP contribution in [0.1, 0.15) is 19.4 Å². The van der Waals surface area contributed by atoms with Crippen LogP contribution in [-0.4, -0.2) is 0 Å². The lowest BCUT2D eigenvalue weighted by Gasteiger charge is -2.06. The van der Waals surface area contributed by atoms with E-state index in [-0.39, 0.29) is 5.92 Å². The van der Waals surface area contributed by atoms with Crippen molar-refractivity contribution in [2.45, 2.75) is 13.8 Å². The molecule has 15 heavy (non-hydrogen) atoms. The van der Waals surface area contributed by atoms with Gasteiger partial charge in [0.1, 0.15) is 6.07 Å². The molecule has 0 unspecified atom stereocenters. The van der Waals surface area contributed by atoms with Gasteiger partial charge in [0.15, 0.2) is 0 Å². The van der Waals surface area contributed by atoms with E-state index in [0.29, 0.717) is 11.1 Å². The summed E-state index contributed by atoms with van der Waals surface area (Å²) in [6, 6.07) is 13.5. The van der Waals surface area contributed by atoms with E-state index in [1.54, 1.807) is 0 Å². The van der Waals surface area contributed by atoms with E-state index in [1.807, 2.05) is 44.2 Å². The fourth-order valence-electron chi connectivity index (χ4n) is 1.36. The van der Waals surface area contributed by atoms with Gasteiger partial charge < -0.3 is 0 Å². The van der Waals surface area contributed by atoms with Crippen LogP contribution in [0.3, 0.4) is 0 Å². The van der Waals surface area contributed by atoms with E-state index in [4.69, 9.17) is 10.5 Å². The number of hydrogen-bond acceptors (Lipinski definition) is 2. The van der Waals surface area contributed by atoms with Crippen LogP contribution in [0.2, 0.25) is 0 Å². The van der Waals surface area contributed by atoms with Crippen LogP contribution in [0.5, 0.6) is 0 Å². The Hall–Kier alpha value is -2.06. The van der Waals surface area contributed by atoms with Gasteiger partial charge in [-0.15, -0.1) is 0 Å². The van der Waals surface area contributed by atoms with Crippen LogP contribution in [0.4, 0.5) is 0 Å². The van der Waals surface area contributed by atoms with E-state index in [0.717, 1.165) is 5.56 Å². The second kappa shape index (κ2) is 4.98. The number of nitrogens with zero attached hydrogens (tertiary/aromatic N) is 2. The minimum atomic E-state index is 0.0739. The third-order valence-electron chi connectivity index (χ3n) is 2.14. The second-order valence-corrected chi connectivity index (χ2v) is 3.53. The lowest BCUT2D eigenvalue weighted by atomic mass is 9.94. The van der Waals surface area contributed by atoms with Crippen molar-refractivity contribution < 1.29 is 0 Å². The quantitative estimate of drug-likeness (QED) is 0.682. The van der Waals surface area contributed by atoms with Gasteiger partial charge in [-0.3, -0.25) is 0 Å². The molecule has 0 aliphatic carbocycles. The summed E-state index contributed by atoms with van der Waals surface area (Å²) < 4.78 is 0. The number of allylic oxidation sites excluding steroid dienone is 2. The number of rotatable bonds is 2. The Morgan fingerprint density at radius 3 is 2.07 bits per heavy atom. The Labute approximate surface area is 90.1 Å². The first kappa shape index (κ1) is 11.0. The summed E-state index contributed by atoms with van der Waals surface area (Å²) in [5.74, 6) is 0.0739. The highest BCUT2D eigenvalue weighted by atomic mass is 14.3. The largest absolute Gasteiger partial charge is 0.193 e. The molecular weight excluding hydrogens is 184 g/mol. The Morgan fingerprint density at radius 1 is 1.07 bits per heavy atom. The predicted octanol–water partition coefficient (Wildman–Crippen LogP) is 3.14. The van der Waals surface area contributed by atoms with Crippen molar-refractivity contribution in [3.63, 3.8) is 0 Å². The Kier molecular flexibility index (Phi) is 3.66. The van der Waals surface area contributed by atoms with Gasteiger partial charge in [0.25, 0.3) is 0 Å². The van der Waals surface area contributed by atoms with Crippen molar-refractivity contribution in [2.24, 2.45) is 5.92 Å². The third-order valence-corrected chi connectivity index (χ3v) is 2.14. The summed E-state index contributed by atoms with van der Waals surface area (Å²) in [5.41, 5.74) is 1.84. The maximum atomic E-state index is 9.07. The highest BCUT2D eigenvalue weighted by Crippen LogP contribution is 2.22. The van der Waals surface area contributed by atoms with Gasteiger partial charge in [0.2, 0.25) is 0 Å². The van der Waals surface area contributed by atoms with Crippen molar-refractivity contribution in [2.75, 3.05) is 0 Å². The molecule has 0 atom stereocenters. The van der Waals surface area contributed by atoms with E-state index < -0.39 is 0 Å². The van der Waals surface area contributed by atoms with E-state index >= 15 is 0 Å². The molecule has 1 aromatic rings. The van der Waals surface area contributed by atoms with Gasteiger partial charge in [0.05, 0.1) is 17.2 Å². The molecule has 2 heteroatoms. The minimum absolute atomic E-state index is 0.0739. The van der Waals surface area contributed by atoms with Crippen molar-refractivity contribution in [3.8, 4) is 12.1 Å². The van der Waals surface area contributed by atoms with Crippen molar-refractivity contribution in [1.82, 2.24) is 0 Å². The first-order valence-electron chi connectivity index (χ1n) is 4.80. The van der Waals surface area contributed by atoms with E-state index in [2.05, 4.69) is 12.1 Å². The molecule has 0 bridgehead atoms. The van der Waals surface area contributed by atoms with Crippen LogP contribution in [-0.2, 0) is 0 Å². The Morgan fingerprint density at radius 2 is 1.67 bits per heavy atom. The zero-order valence-electron chi connectivity index (χ0n) is 8.86. The highest BCUT2D eigenvalue weighted by Gasteiger charge is 2.11. The molecule has 0 spiro atoms. The zero-order valence-corrected chi connectivity index (χ0v) is 8.86. The summed E-state index contributed by atoms with van der Waals surface area (Å²) >= 11 is 0. The summed E-state index contributed by atoms with van der Waals surface area (Å²) in [6.07, 6.45) is 0. The smallest absolute Gasteiger partial charge is 0.101 e. The molecule has 0 saturated heterocycles. The molecule has 0 saturated carbocycles. The van der Waals surface area contributed by atoms with E-state index in [1.165, 1.54) is 0 Å². The monoisotopic (exact) mass is 196 g/mol. The molecule has 0 aromatic heterocycles. The van der Waals surface area contributed by atoms with Crippen molar-refractivity contribution in [1.29, 1.82) is 10.5 Å². The van der Waals surface area contributed by atoms with Crippen LogP contribution in [0.25, 0.3) is 5.57 Å². The number of nitriles is 2. The fourth-order valence-corrected chi connectivity index (χ4v) is 1.36. The van der Waals surface area contributed by atoms with Gasteiger partial charge in [-0.2, -0.15) is 10.5 Å². The molecule has 1 rings (SSSR count). The zero-order chi connectivity index (χ0) is 11.3. The Bertz CT molecular complexity index is 442. The van der Waals surface area contributed by atoms with Gasteiger partial charge in [0, 0.05) is 0 Å². The molecule has 1 aromatic carbocycles. The minimum Gasteiger partial charge on any atom is -0.193 e. The van der Waals surface area contributed by atoms with Crippen molar-refractivity contribution >= 4 is 5.57 Å². The normalized spacial score (nSPS) is 11.5. The average Bonchev–Trinajstić information content (AvgIpc) is 2.26. The molecule has 0 aliphatic rings. The maximum Gasteiger partial charge on any atom is 0.101 e. The number of hydrogen-bond donors (Lipinski definition) is 0. The van der Waals surface area contributed by atoms with Gasteiger partial charge in [-0.1, -0.05) is 44.2 Å². The standard InChI is InChI=1S/C13H12N2/c1-10(2)12(8-14)13(9-15)11-6-4-3-5-7-11/h3-7,10H,1-2H3/b13-12+. The molecule has 0 radical (unpaired) electrons. The third kappa shape index (κ3) is 2.45. The first-order chi connectivity index (χ1) is 7.20. The maximum absolute atomic E-state index is 9.07. The lowest BCUT2D eigenvalue weighted by Crippen LogP contribution is -1.96. The molecule has 0 aliphatic heterocycles. The molecule has 74 valence electrons. The number of benzene rings is 1. The first-order valence-corrected chi connectivity index (χ1v) is 4.80. The lowest BCUT2D eigenvalue weighted by molar-refractivity contribution is 0.799. The fraction of sp³-hybridized carbons (Fsp3) is 0.231. The van der Waals surface area contributed by atoms with Crippen LogP contribution in [0, 0.1) is 28.6 Å². The average molecular weight is 196 g/mol. The van der Waals surface area contributed by atoms with Gasteiger partial charge in [-0.25, -0.2) is 0 Å². The summed E-state index contributed by atoms with van der Waals surface area (Å²) in [4.78, 5) is 0. The van der Waals surface area contributed by atoms with E-state index in [9.17, 15) is 0 Å². The molecular formula is C13H12N2. The van der Waals surface area contributed by atoms with Gasteiger partial charge >= 0.3 is 0 Å². The topological polar surface area (TPSA) is 47.6 Å². The second-order valence-electron chi connectivity index (χ2n) is 3.53. The highest BCUT2D eigenvalue weighted by molar-refractivity contribution is 5.81. The Balaban J connectivity index is 3.33. The molecule has 0 fully saturated rings. The van der Waals surface area contributed by atoms with Crippen LogP contribution >= 0.6 is 0 Å². The van der Waals surface area contributed by atoms with Crippen molar-refractivity contribution in [3.05, 3.63) is 41.5 Å². The molecule has 0 heterocycles. The van der Waals surface area contributed by atoms with Crippen LogP contribution < -0.4 is 0 Å². The van der Waals surface area contributed by atoms with Gasteiger partial charge in [-0.05, 0) is 11.5 Å². The summed E-state index contributed by atoms with van der Waals surface area (Å²) in [7, 11) is 0. The molecule has 0 N–H and O–H groups in total. The summed E-state index contributed by atoms with van der Waals surface area (Å²) in [6.45, 7) is 3.83. The summed E-state index contributed by atoms with van der Waals surface area (Å²) in [5, 5.41) is 18.1. The van der Waals surface area contributed by atoms with Crippen LogP contribution in [0.15, 0.2) is 35.9 Å². The molecule has 0 amide bonds. The molecule has 2 nitrogen and oxygen atoms in total. The SMILES string of the molecule is CC(C)/C(C#N)=C(\C#N)c1ccccc1. The predicted molar refractivity (Wildman–Crippen MR) is 59.4 cm³/mol.